The van der Waals surface area contributed by atoms with Crippen LogP contribution in [0.2, 0.25) is 0 Å². The number of esters is 1. The van der Waals surface area contributed by atoms with Gasteiger partial charge >= 0.3 is 11.9 Å². The van der Waals surface area contributed by atoms with Gasteiger partial charge in [-0.15, -0.1) is 12.4 Å². The van der Waals surface area contributed by atoms with Crippen LogP contribution in [0.4, 0.5) is 0 Å². The largest absolute Gasteiger partial charge is 0.478 e. The molecule has 0 heterocycles. The minimum Gasteiger partial charge on any atom is -0.478 e. The Labute approximate surface area is 118 Å². The zero-order valence-electron chi connectivity index (χ0n) is 10.7. The van der Waals surface area contributed by atoms with E-state index < -0.39 is 21.8 Å². The molecule has 0 radical (unpaired) electrons. The minimum atomic E-state index is -3.00. The Morgan fingerprint density at radius 2 is 1.84 bits per heavy atom. The van der Waals surface area contributed by atoms with Gasteiger partial charge in [0.2, 0.25) is 0 Å². The highest BCUT2D eigenvalue weighted by atomic mass is 35.5. The Morgan fingerprint density at radius 1 is 1.26 bits per heavy atom. The van der Waals surface area contributed by atoms with Gasteiger partial charge in [0, 0.05) is 31.5 Å². The molecule has 0 saturated heterocycles. The summed E-state index contributed by atoms with van der Waals surface area (Å²) in [7, 11) is -1.30. The van der Waals surface area contributed by atoms with Gasteiger partial charge in [0.25, 0.3) is 0 Å². The normalized spacial score (nSPS) is 11.3. The highest BCUT2D eigenvalue weighted by Gasteiger charge is 2.06. The first kappa shape index (κ1) is 20.2. The molecule has 0 aliphatic carbocycles. The number of carboxylic acids is 1. The molecule has 0 amide bonds. The van der Waals surface area contributed by atoms with Crippen LogP contribution in [0, 0.1) is 0 Å². The lowest BCUT2D eigenvalue weighted by Gasteiger charge is -2.15. The van der Waals surface area contributed by atoms with E-state index in [0.717, 1.165) is 12.3 Å². The fourth-order valence-corrected chi connectivity index (χ4v) is 1.57. The number of rotatable bonds is 8. The van der Waals surface area contributed by atoms with Gasteiger partial charge in [-0.25, -0.2) is 18.0 Å². The average Bonchev–Trinajstić information content (AvgIpc) is 2.22. The zero-order valence-corrected chi connectivity index (χ0v) is 12.4. The average molecular weight is 316 g/mol. The van der Waals surface area contributed by atoms with Gasteiger partial charge in [-0.05, 0) is 7.05 Å². The maximum atomic E-state index is 11.0. The number of nitrogens with zero attached hydrogens (tertiary/aromatic N) is 1. The molecule has 1 N–H and O–H groups in total. The van der Waals surface area contributed by atoms with E-state index in [-0.39, 0.29) is 24.8 Å². The Morgan fingerprint density at radius 3 is 2.32 bits per heavy atom. The third kappa shape index (κ3) is 14.8. The van der Waals surface area contributed by atoms with E-state index in [4.69, 9.17) is 9.84 Å². The van der Waals surface area contributed by atoms with Crippen LogP contribution in [0.1, 0.15) is 0 Å². The molecule has 0 aromatic carbocycles. The highest BCUT2D eigenvalue weighted by Crippen LogP contribution is 1.89. The van der Waals surface area contributed by atoms with Crippen molar-refractivity contribution in [2.24, 2.45) is 0 Å². The molecule has 0 aliphatic rings. The van der Waals surface area contributed by atoms with Gasteiger partial charge in [0.05, 0.1) is 5.75 Å². The van der Waals surface area contributed by atoms with Crippen molar-refractivity contribution in [1.82, 2.24) is 4.90 Å². The van der Waals surface area contributed by atoms with Crippen molar-refractivity contribution in [2.75, 3.05) is 38.8 Å². The Hall–Kier alpha value is -1.12. The summed E-state index contributed by atoms with van der Waals surface area (Å²) in [6, 6.07) is 0. The molecule has 0 fully saturated rings. The number of carboxylic acid groups (broad SMARTS) is 1. The first-order valence-electron chi connectivity index (χ1n) is 5.15. The molecule has 0 unspecified atom stereocenters. The number of carbonyl (C=O) groups excluding carboxylic acids is 1. The summed E-state index contributed by atoms with van der Waals surface area (Å²) in [4.78, 5) is 22.8. The van der Waals surface area contributed by atoms with Crippen molar-refractivity contribution in [3.8, 4) is 0 Å². The van der Waals surface area contributed by atoms with Crippen molar-refractivity contribution in [2.45, 2.75) is 0 Å². The zero-order chi connectivity index (χ0) is 14.2. The van der Waals surface area contributed by atoms with Crippen molar-refractivity contribution in [1.29, 1.82) is 0 Å². The van der Waals surface area contributed by atoms with E-state index in [1.54, 1.807) is 11.9 Å². The second kappa shape index (κ2) is 9.76. The van der Waals surface area contributed by atoms with Gasteiger partial charge in [-0.2, -0.15) is 0 Å². The molecule has 0 aromatic heterocycles. The van der Waals surface area contributed by atoms with Crippen LogP contribution in [0.25, 0.3) is 0 Å². The number of hydrogen-bond donors (Lipinski definition) is 1. The molecule has 19 heavy (non-hydrogen) atoms. The maximum Gasteiger partial charge on any atom is 0.331 e. The number of sulfone groups is 1. The number of halogens is 1. The number of hydrogen-bond acceptors (Lipinski definition) is 6. The van der Waals surface area contributed by atoms with Crippen LogP contribution < -0.4 is 0 Å². The maximum absolute atomic E-state index is 11.0. The molecule has 0 saturated carbocycles. The topological polar surface area (TPSA) is 101 Å². The van der Waals surface area contributed by atoms with Crippen molar-refractivity contribution < 1.29 is 27.9 Å². The fraction of sp³-hybridized carbons (Fsp3) is 0.600. The first-order chi connectivity index (χ1) is 8.20. The smallest absolute Gasteiger partial charge is 0.331 e. The van der Waals surface area contributed by atoms with E-state index >= 15 is 0 Å². The summed E-state index contributed by atoms with van der Waals surface area (Å²) in [5, 5.41) is 8.26. The predicted molar refractivity (Wildman–Crippen MR) is 72.2 cm³/mol. The number of ether oxygens (including phenoxy) is 1. The molecule has 9 heteroatoms. The SMILES string of the molecule is CN(CCOC(=O)C=CC(=O)O)CCS(C)(=O)=O.Cl. The summed E-state index contributed by atoms with van der Waals surface area (Å²) in [5.41, 5.74) is 0. The van der Waals surface area contributed by atoms with Gasteiger partial charge in [-0.1, -0.05) is 0 Å². The molecule has 7 nitrogen and oxygen atoms in total. The summed E-state index contributed by atoms with van der Waals surface area (Å²) in [5.74, 6) is -1.93. The monoisotopic (exact) mass is 315 g/mol. The Bertz CT molecular complexity index is 420. The number of carbonyl (C=O) groups is 2. The summed E-state index contributed by atoms with van der Waals surface area (Å²) >= 11 is 0. The third-order valence-electron chi connectivity index (χ3n) is 1.92. The van der Waals surface area contributed by atoms with Crippen LogP contribution in [0.5, 0.6) is 0 Å². The fourth-order valence-electron chi connectivity index (χ4n) is 0.923. The van der Waals surface area contributed by atoms with Gasteiger partial charge in [-0.3, -0.25) is 0 Å². The molecule has 0 aromatic rings. The van der Waals surface area contributed by atoms with E-state index in [9.17, 15) is 18.0 Å². The van der Waals surface area contributed by atoms with Crippen LogP contribution in [0.3, 0.4) is 0 Å². The lowest BCUT2D eigenvalue weighted by molar-refractivity contribution is -0.139. The van der Waals surface area contributed by atoms with Crippen LogP contribution in [-0.2, 0) is 24.2 Å². The summed E-state index contributed by atoms with van der Waals surface area (Å²) in [6.07, 6.45) is 2.66. The predicted octanol–water partition coefficient (Wildman–Crippen LogP) is -0.431. The van der Waals surface area contributed by atoms with Crippen molar-refractivity contribution in [3.63, 3.8) is 0 Å². The van der Waals surface area contributed by atoms with E-state index in [1.807, 2.05) is 0 Å². The molecular formula is C10H18ClNO6S. The molecule has 0 bridgehead atoms. The highest BCUT2D eigenvalue weighted by molar-refractivity contribution is 7.90. The molecule has 0 aliphatic heterocycles. The quantitative estimate of drug-likeness (QED) is 0.479. The number of aliphatic carboxylic acids is 1. The van der Waals surface area contributed by atoms with Gasteiger partial charge < -0.3 is 14.7 Å². The molecular weight excluding hydrogens is 298 g/mol. The second-order valence-corrected chi connectivity index (χ2v) is 6.03. The standard InChI is InChI=1S/C10H17NO6S.ClH/c1-11(6-8-18(2,15)16)5-7-17-10(14)4-3-9(12)13;/h3-4H,5-8H2,1-2H3,(H,12,13);1H. The molecule has 112 valence electrons. The van der Waals surface area contributed by atoms with Crippen molar-refractivity contribution in [3.05, 3.63) is 12.2 Å². The minimum absolute atomic E-state index is 0. The molecule has 0 rings (SSSR count). The van der Waals surface area contributed by atoms with Gasteiger partial charge in [0.1, 0.15) is 16.4 Å². The van der Waals surface area contributed by atoms with E-state index in [2.05, 4.69) is 0 Å². The molecule has 0 spiro atoms. The summed E-state index contributed by atoms with van der Waals surface area (Å²) in [6.45, 7) is 0.798. The van der Waals surface area contributed by atoms with E-state index in [1.165, 1.54) is 0 Å². The van der Waals surface area contributed by atoms with Crippen LogP contribution in [-0.4, -0.2) is 69.1 Å². The second-order valence-electron chi connectivity index (χ2n) is 3.77. The lowest BCUT2D eigenvalue weighted by Crippen LogP contribution is -2.29. The van der Waals surface area contributed by atoms with Crippen LogP contribution in [0.15, 0.2) is 12.2 Å². The Kier molecular flexibility index (Phi) is 10.4. The van der Waals surface area contributed by atoms with Crippen LogP contribution >= 0.6 is 12.4 Å². The summed E-state index contributed by atoms with van der Waals surface area (Å²) < 4.78 is 26.5. The lowest BCUT2D eigenvalue weighted by atomic mass is 10.5. The van der Waals surface area contributed by atoms with E-state index in [0.29, 0.717) is 19.2 Å². The van der Waals surface area contributed by atoms with Crippen molar-refractivity contribution >= 4 is 34.2 Å². The third-order valence-corrected chi connectivity index (χ3v) is 2.85. The first-order valence-corrected chi connectivity index (χ1v) is 7.21. The Balaban J connectivity index is 0. The van der Waals surface area contributed by atoms with Gasteiger partial charge in [0.15, 0.2) is 0 Å². The number of likely N-dealkylation sites (N-methyl/N-ethyl adjacent to an activating group) is 1. The molecule has 0 atom stereocenters.